The van der Waals surface area contributed by atoms with Crippen molar-refractivity contribution >= 4 is 23.2 Å². The van der Waals surface area contributed by atoms with Crippen LogP contribution in [0, 0.1) is 0 Å². The summed E-state index contributed by atoms with van der Waals surface area (Å²) in [7, 11) is 0. The van der Waals surface area contributed by atoms with Gasteiger partial charge in [-0.2, -0.15) is 0 Å². The van der Waals surface area contributed by atoms with E-state index < -0.39 is 0 Å². The molecule has 1 aliphatic carbocycles. The molecule has 0 spiro atoms. The standard InChI is InChI=1S/C15H20N4O2/c20-14(18-10-5-6-10)7-8-16-15(21)13-9-17-11-3-1-2-4-12(11)19-13/h1-4,10,13,17,19H,5-9H2,(H,16,21)(H,18,20). The number of rotatable bonds is 5. The zero-order chi connectivity index (χ0) is 14.7. The van der Waals surface area contributed by atoms with Crippen LogP contribution in [0.1, 0.15) is 19.3 Å². The van der Waals surface area contributed by atoms with Gasteiger partial charge in [0.15, 0.2) is 0 Å². The highest BCUT2D eigenvalue weighted by Crippen LogP contribution is 2.25. The average molecular weight is 288 g/mol. The number of carbonyl (C=O) groups excluding carboxylic acids is 2. The molecule has 1 fully saturated rings. The van der Waals surface area contributed by atoms with Crippen molar-refractivity contribution in [3.63, 3.8) is 0 Å². The first-order chi connectivity index (χ1) is 10.2. The number of para-hydroxylation sites is 2. The summed E-state index contributed by atoms with van der Waals surface area (Å²) >= 11 is 0. The normalized spacial score (nSPS) is 19.7. The molecule has 1 unspecified atom stereocenters. The third-order valence-corrected chi connectivity index (χ3v) is 3.66. The van der Waals surface area contributed by atoms with E-state index in [0.29, 0.717) is 25.6 Å². The van der Waals surface area contributed by atoms with E-state index in [0.717, 1.165) is 24.2 Å². The maximum atomic E-state index is 12.1. The van der Waals surface area contributed by atoms with E-state index in [1.54, 1.807) is 0 Å². The predicted molar refractivity (Wildman–Crippen MR) is 81.1 cm³/mol. The Morgan fingerprint density at radius 3 is 2.71 bits per heavy atom. The van der Waals surface area contributed by atoms with Gasteiger partial charge in [-0.3, -0.25) is 9.59 Å². The first-order valence-electron chi connectivity index (χ1n) is 7.39. The third kappa shape index (κ3) is 3.65. The first kappa shape index (κ1) is 13.7. The highest BCUT2D eigenvalue weighted by molar-refractivity contribution is 5.89. The number of benzene rings is 1. The largest absolute Gasteiger partial charge is 0.381 e. The minimum absolute atomic E-state index is 0.0119. The van der Waals surface area contributed by atoms with Gasteiger partial charge in [-0.25, -0.2) is 0 Å². The van der Waals surface area contributed by atoms with Crippen LogP contribution in [-0.4, -0.2) is 37.0 Å². The Morgan fingerprint density at radius 2 is 1.95 bits per heavy atom. The molecule has 2 amide bonds. The summed E-state index contributed by atoms with van der Waals surface area (Å²) in [4.78, 5) is 23.6. The Hall–Kier alpha value is -2.24. The Morgan fingerprint density at radius 1 is 1.19 bits per heavy atom. The van der Waals surface area contributed by atoms with E-state index in [4.69, 9.17) is 0 Å². The van der Waals surface area contributed by atoms with Gasteiger partial charge in [0.2, 0.25) is 11.8 Å². The maximum absolute atomic E-state index is 12.1. The highest BCUT2D eigenvalue weighted by atomic mass is 16.2. The Labute approximate surface area is 123 Å². The summed E-state index contributed by atoms with van der Waals surface area (Å²) in [6.45, 7) is 0.911. The summed E-state index contributed by atoms with van der Waals surface area (Å²) < 4.78 is 0. The van der Waals surface area contributed by atoms with E-state index in [9.17, 15) is 9.59 Å². The quantitative estimate of drug-likeness (QED) is 0.642. The van der Waals surface area contributed by atoms with Gasteiger partial charge in [-0.15, -0.1) is 0 Å². The minimum atomic E-state index is -0.314. The number of anilines is 2. The SMILES string of the molecule is O=C(CCNC(=O)C1CNc2ccccc2N1)NC1CC1. The summed E-state index contributed by atoms with van der Waals surface area (Å²) in [6.07, 6.45) is 2.49. The van der Waals surface area contributed by atoms with E-state index in [2.05, 4.69) is 21.3 Å². The first-order valence-corrected chi connectivity index (χ1v) is 7.39. The van der Waals surface area contributed by atoms with Gasteiger partial charge in [0, 0.05) is 25.6 Å². The summed E-state index contributed by atoms with van der Waals surface area (Å²) in [5.74, 6) is -0.0749. The molecule has 0 bridgehead atoms. The van der Waals surface area contributed by atoms with Crippen LogP contribution in [-0.2, 0) is 9.59 Å². The molecule has 0 radical (unpaired) electrons. The van der Waals surface area contributed by atoms with E-state index >= 15 is 0 Å². The zero-order valence-electron chi connectivity index (χ0n) is 11.8. The molecule has 0 saturated heterocycles. The topological polar surface area (TPSA) is 82.3 Å². The molecule has 0 aromatic heterocycles. The van der Waals surface area contributed by atoms with Crippen molar-refractivity contribution in [1.29, 1.82) is 0 Å². The third-order valence-electron chi connectivity index (χ3n) is 3.66. The Bertz CT molecular complexity index is 542. The lowest BCUT2D eigenvalue weighted by Crippen LogP contribution is -2.46. The fourth-order valence-electron chi connectivity index (χ4n) is 2.32. The lowest BCUT2D eigenvalue weighted by atomic mass is 10.1. The molecule has 1 atom stereocenters. The van der Waals surface area contributed by atoms with Crippen LogP contribution in [0.15, 0.2) is 24.3 Å². The fourth-order valence-corrected chi connectivity index (χ4v) is 2.32. The zero-order valence-corrected chi connectivity index (χ0v) is 11.8. The second-order valence-electron chi connectivity index (χ2n) is 5.51. The van der Waals surface area contributed by atoms with Gasteiger partial charge in [-0.1, -0.05) is 12.1 Å². The van der Waals surface area contributed by atoms with Crippen LogP contribution in [0.3, 0.4) is 0 Å². The van der Waals surface area contributed by atoms with Gasteiger partial charge >= 0.3 is 0 Å². The van der Waals surface area contributed by atoms with Crippen molar-refractivity contribution in [2.45, 2.75) is 31.3 Å². The molecule has 6 heteroatoms. The van der Waals surface area contributed by atoms with Gasteiger partial charge < -0.3 is 21.3 Å². The van der Waals surface area contributed by atoms with Crippen LogP contribution >= 0.6 is 0 Å². The molecule has 1 aromatic rings. The number of hydrogen-bond acceptors (Lipinski definition) is 4. The number of hydrogen-bond donors (Lipinski definition) is 4. The van der Waals surface area contributed by atoms with Crippen molar-refractivity contribution < 1.29 is 9.59 Å². The van der Waals surface area contributed by atoms with Gasteiger partial charge in [-0.05, 0) is 25.0 Å². The van der Waals surface area contributed by atoms with Gasteiger partial charge in [0.1, 0.15) is 6.04 Å². The molecule has 6 nitrogen and oxygen atoms in total. The van der Waals surface area contributed by atoms with Crippen LogP contribution in [0.5, 0.6) is 0 Å². The smallest absolute Gasteiger partial charge is 0.244 e. The monoisotopic (exact) mass is 288 g/mol. The molecule has 21 heavy (non-hydrogen) atoms. The molecule has 1 heterocycles. The lowest BCUT2D eigenvalue weighted by Gasteiger charge is -2.27. The summed E-state index contributed by atoms with van der Waals surface area (Å²) in [5, 5.41) is 12.1. The Balaban J connectivity index is 1.42. The molecule has 1 aromatic carbocycles. The van der Waals surface area contributed by atoms with Gasteiger partial charge in [0.25, 0.3) is 0 Å². The highest BCUT2D eigenvalue weighted by Gasteiger charge is 2.24. The van der Waals surface area contributed by atoms with Crippen LogP contribution in [0.25, 0.3) is 0 Å². The van der Waals surface area contributed by atoms with Gasteiger partial charge in [0.05, 0.1) is 11.4 Å². The maximum Gasteiger partial charge on any atom is 0.244 e. The van der Waals surface area contributed by atoms with E-state index in [-0.39, 0.29) is 17.9 Å². The number of nitrogens with one attached hydrogen (secondary N) is 4. The lowest BCUT2D eigenvalue weighted by molar-refractivity contribution is -0.122. The van der Waals surface area contributed by atoms with Crippen LogP contribution < -0.4 is 21.3 Å². The van der Waals surface area contributed by atoms with Crippen molar-refractivity contribution in [2.75, 3.05) is 23.7 Å². The molecule has 112 valence electrons. The molecule has 4 N–H and O–H groups in total. The molecular weight excluding hydrogens is 268 g/mol. The second kappa shape index (κ2) is 6.03. The molecule has 1 saturated carbocycles. The summed E-state index contributed by atoms with van der Waals surface area (Å²) in [5.41, 5.74) is 1.93. The van der Waals surface area contributed by atoms with Crippen molar-refractivity contribution in [3.05, 3.63) is 24.3 Å². The number of carbonyl (C=O) groups is 2. The number of amides is 2. The molecular formula is C15H20N4O2. The molecule has 1 aliphatic heterocycles. The minimum Gasteiger partial charge on any atom is -0.381 e. The average Bonchev–Trinajstić information content (AvgIpc) is 3.30. The number of fused-ring (bicyclic) bond motifs is 1. The van der Waals surface area contributed by atoms with Crippen LogP contribution in [0.4, 0.5) is 11.4 Å². The second-order valence-corrected chi connectivity index (χ2v) is 5.51. The summed E-state index contributed by atoms with van der Waals surface area (Å²) in [6, 6.07) is 7.84. The Kier molecular flexibility index (Phi) is 3.94. The molecule has 2 aliphatic rings. The van der Waals surface area contributed by atoms with Crippen molar-refractivity contribution in [3.8, 4) is 0 Å². The fraction of sp³-hybridized carbons (Fsp3) is 0.467. The van der Waals surface area contributed by atoms with E-state index in [1.807, 2.05) is 24.3 Å². The van der Waals surface area contributed by atoms with Crippen molar-refractivity contribution in [2.24, 2.45) is 0 Å². The predicted octanol–water partition coefficient (Wildman–Crippen LogP) is 0.677. The molecule has 3 rings (SSSR count). The van der Waals surface area contributed by atoms with Crippen LogP contribution in [0.2, 0.25) is 0 Å². The van der Waals surface area contributed by atoms with E-state index in [1.165, 1.54) is 0 Å². The van der Waals surface area contributed by atoms with Crippen molar-refractivity contribution in [1.82, 2.24) is 10.6 Å².